The molecule has 2 aromatic heterocycles. The van der Waals surface area contributed by atoms with Crippen LogP contribution in [0.5, 0.6) is 0 Å². The van der Waals surface area contributed by atoms with Crippen LogP contribution >= 0.6 is 0 Å². The smallest absolute Gasteiger partial charge is 0.153 e. The zero-order valence-corrected chi connectivity index (χ0v) is 9.69. The van der Waals surface area contributed by atoms with E-state index in [1.807, 2.05) is 54.7 Å². The molecule has 0 spiro atoms. The van der Waals surface area contributed by atoms with Gasteiger partial charge in [-0.15, -0.1) is 0 Å². The minimum absolute atomic E-state index is 0.647. The van der Waals surface area contributed by atoms with Gasteiger partial charge in [-0.2, -0.15) is 5.10 Å². The number of hydrogen-bond donors (Lipinski definition) is 1. The largest absolute Gasteiger partial charge is 0.397 e. The first-order chi connectivity index (χ1) is 8.83. The number of nitrogens with zero attached hydrogens (tertiary/aromatic N) is 3. The molecule has 4 heteroatoms. The molecule has 2 N–H and O–H groups in total. The number of hydrogen-bond acceptors (Lipinski definition) is 3. The number of pyridine rings is 1. The lowest BCUT2D eigenvalue weighted by Crippen LogP contribution is -1.98. The second-order valence-electron chi connectivity index (χ2n) is 3.96. The Hall–Kier alpha value is -2.62. The van der Waals surface area contributed by atoms with Crippen LogP contribution in [0.3, 0.4) is 0 Å². The zero-order valence-electron chi connectivity index (χ0n) is 9.69. The van der Waals surface area contributed by atoms with E-state index < -0.39 is 0 Å². The van der Waals surface area contributed by atoms with Crippen molar-refractivity contribution >= 4 is 5.69 Å². The normalized spacial score (nSPS) is 10.4. The van der Waals surface area contributed by atoms with E-state index in [1.165, 1.54) is 0 Å². The predicted octanol–water partition coefficient (Wildman–Crippen LogP) is 2.52. The lowest BCUT2D eigenvalue weighted by molar-refractivity contribution is 0.851. The first kappa shape index (κ1) is 10.5. The van der Waals surface area contributed by atoms with E-state index in [-0.39, 0.29) is 0 Å². The summed E-state index contributed by atoms with van der Waals surface area (Å²) in [6.07, 6.45) is 3.51. The molecule has 2 heterocycles. The number of rotatable bonds is 2. The molecule has 0 amide bonds. The number of nitrogen functional groups attached to an aromatic ring is 1. The molecule has 0 saturated carbocycles. The average molecular weight is 236 g/mol. The molecular weight excluding hydrogens is 224 g/mol. The van der Waals surface area contributed by atoms with E-state index in [4.69, 9.17) is 5.73 Å². The van der Waals surface area contributed by atoms with Crippen LogP contribution in [0.4, 0.5) is 5.69 Å². The SMILES string of the molecule is Nc1ccc(-n2ccc(-c3ccccc3)n2)nc1. The van der Waals surface area contributed by atoms with Crippen LogP contribution in [-0.4, -0.2) is 14.8 Å². The van der Waals surface area contributed by atoms with Crippen LogP contribution in [0.1, 0.15) is 0 Å². The summed E-state index contributed by atoms with van der Waals surface area (Å²) in [5.74, 6) is 0.756. The maximum Gasteiger partial charge on any atom is 0.153 e. The summed E-state index contributed by atoms with van der Waals surface area (Å²) in [4.78, 5) is 4.23. The zero-order chi connectivity index (χ0) is 12.4. The molecular formula is C14H12N4. The summed E-state index contributed by atoms with van der Waals surface area (Å²) in [5.41, 5.74) is 8.27. The number of nitrogens with two attached hydrogens (primary N) is 1. The maximum atomic E-state index is 5.61. The minimum Gasteiger partial charge on any atom is -0.397 e. The van der Waals surface area contributed by atoms with Gasteiger partial charge in [0, 0.05) is 11.8 Å². The topological polar surface area (TPSA) is 56.7 Å². The molecule has 0 radical (unpaired) electrons. The van der Waals surface area contributed by atoms with Crippen LogP contribution in [0.15, 0.2) is 60.9 Å². The lowest BCUT2D eigenvalue weighted by Gasteiger charge is -2.00. The van der Waals surface area contributed by atoms with Gasteiger partial charge >= 0.3 is 0 Å². The molecule has 0 unspecified atom stereocenters. The van der Waals surface area contributed by atoms with Gasteiger partial charge in [0.1, 0.15) is 0 Å². The maximum absolute atomic E-state index is 5.61. The Morgan fingerprint density at radius 2 is 1.78 bits per heavy atom. The fourth-order valence-corrected chi connectivity index (χ4v) is 1.75. The Bertz CT molecular complexity index is 641. The summed E-state index contributed by atoms with van der Waals surface area (Å²) >= 11 is 0. The van der Waals surface area contributed by atoms with Crippen molar-refractivity contribution in [1.82, 2.24) is 14.8 Å². The van der Waals surface area contributed by atoms with E-state index in [2.05, 4.69) is 10.1 Å². The second-order valence-corrected chi connectivity index (χ2v) is 3.96. The molecule has 0 bridgehead atoms. The van der Waals surface area contributed by atoms with Gasteiger partial charge in [-0.3, -0.25) is 0 Å². The molecule has 4 nitrogen and oxygen atoms in total. The van der Waals surface area contributed by atoms with E-state index in [0.29, 0.717) is 5.69 Å². The Morgan fingerprint density at radius 3 is 2.50 bits per heavy atom. The van der Waals surface area contributed by atoms with Crippen molar-refractivity contribution in [3.63, 3.8) is 0 Å². The Balaban J connectivity index is 1.97. The summed E-state index contributed by atoms with van der Waals surface area (Å²) in [5, 5.41) is 4.49. The highest BCUT2D eigenvalue weighted by Crippen LogP contribution is 2.17. The van der Waals surface area contributed by atoms with Crippen molar-refractivity contribution in [1.29, 1.82) is 0 Å². The molecule has 88 valence electrons. The van der Waals surface area contributed by atoms with Gasteiger partial charge in [0.2, 0.25) is 0 Å². The van der Waals surface area contributed by atoms with Crippen molar-refractivity contribution in [2.24, 2.45) is 0 Å². The van der Waals surface area contributed by atoms with Crippen LogP contribution in [0.2, 0.25) is 0 Å². The van der Waals surface area contributed by atoms with Crippen molar-refractivity contribution < 1.29 is 0 Å². The predicted molar refractivity (Wildman–Crippen MR) is 71.2 cm³/mol. The number of benzene rings is 1. The number of aromatic nitrogens is 3. The molecule has 0 fully saturated rings. The first-order valence-electron chi connectivity index (χ1n) is 5.66. The van der Waals surface area contributed by atoms with Crippen molar-refractivity contribution in [2.75, 3.05) is 5.73 Å². The Labute approximate surface area is 105 Å². The van der Waals surface area contributed by atoms with Gasteiger partial charge in [-0.05, 0) is 18.2 Å². The second kappa shape index (κ2) is 4.33. The van der Waals surface area contributed by atoms with E-state index >= 15 is 0 Å². The minimum atomic E-state index is 0.647. The first-order valence-corrected chi connectivity index (χ1v) is 5.66. The van der Waals surface area contributed by atoms with Crippen molar-refractivity contribution in [3.05, 3.63) is 60.9 Å². The molecule has 1 aromatic carbocycles. The summed E-state index contributed by atoms with van der Waals surface area (Å²) in [7, 11) is 0. The monoisotopic (exact) mass is 236 g/mol. The third-order valence-corrected chi connectivity index (χ3v) is 2.66. The third kappa shape index (κ3) is 1.96. The number of anilines is 1. The molecule has 0 aliphatic carbocycles. The van der Waals surface area contributed by atoms with Crippen molar-refractivity contribution in [3.8, 4) is 17.1 Å². The van der Waals surface area contributed by atoms with Crippen LogP contribution in [0, 0.1) is 0 Å². The fourth-order valence-electron chi connectivity index (χ4n) is 1.75. The molecule has 3 rings (SSSR count). The van der Waals surface area contributed by atoms with E-state index in [9.17, 15) is 0 Å². The summed E-state index contributed by atoms with van der Waals surface area (Å²) < 4.78 is 1.74. The third-order valence-electron chi connectivity index (χ3n) is 2.66. The quantitative estimate of drug-likeness (QED) is 0.743. The highest BCUT2D eigenvalue weighted by Gasteiger charge is 2.03. The summed E-state index contributed by atoms with van der Waals surface area (Å²) in [6.45, 7) is 0. The Kier molecular flexibility index (Phi) is 2.53. The summed E-state index contributed by atoms with van der Waals surface area (Å²) in [6, 6.07) is 15.7. The molecule has 0 saturated heterocycles. The van der Waals surface area contributed by atoms with Gasteiger partial charge in [0.15, 0.2) is 5.82 Å². The highest BCUT2D eigenvalue weighted by molar-refractivity contribution is 5.58. The average Bonchev–Trinajstić information content (AvgIpc) is 2.90. The standard InChI is InChI=1S/C14H12N4/c15-12-6-7-14(16-10-12)18-9-8-13(17-18)11-4-2-1-3-5-11/h1-10H,15H2. The van der Waals surface area contributed by atoms with Gasteiger partial charge in [-0.1, -0.05) is 30.3 Å². The highest BCUT2D eigenvalue weighted by atomic mass is 15.3. The fraction of sp³-hybridized carbons (Fsp3) is 0. The van der Waals surface area contributed by atoms with Gasteiger partial charge in [0.05, 0.1) is 17.6 Å². The van der Waals surface area contributed by atoms with Gasteiger partial charge in [0.25, 0.3) is 0 Å². The van der Waals surface area contributed by atoms with Crippen LogP contribution in [-0.2, 0) is 0 Å². The van der Waals surface area contributed by atoms with Crippen molar-refractivity contribution in [2.45, 2.75) is 0 Å². The molecule has 3 aromatic rings. The van der Waals surface area contributed by atoms with Crippen LogP contribution < -0.4 is 5.73 Å². The van der Waals surface area contributed by atoms with E-state index in [1.54, 1.807) is 10.9 Å². The van der Waals surface area contributed by atoms with Gasteiger partial charge < -0.3 is 5.73 Å². The molecule has 0 aliphatic rings. The molecule has 18 heavy (non-hydrogen) atoms. The lowest BCUT2D eigenvalue weighted by atomic mass is 10.2. The molecule has 0 atom stereocenters. The van der Waals surface area contributed by atoms with Gasteiger partial charge in [-0.25, -0.2) is 9.67 Å². The van der Waals surface area contributed by atoms with Crippen LogP contribution in [0.25, 0.3) is 17.1 Å². The van der Waals surface area contributed by atoms with E-state index in [0.717, 1.165) is 17.1 Å². The molecule has 0 aliphatic heterocycles. The Morgan fingerprint density at radius 1 is 0.944 bits per heavy atom.